The molecule has 0 saturated heterocycles. The van der Waals surface area contributed by atoms with Crippen LogP contribution in [-0.2, 0) is 31.9 Å². The Balaban J connectivity index is 5.04. The number of carbonyl (C=O) groups is 2. The first kappa shape index (κ1) is 59.5. The molecule has 0 fully saturated rings. The van der Waals surface area contributed by atoms with Crippen molar-refractivity contribution in [2.75, 3.05) is 36.2 Å². The van der Waals surface area contributed by atoms with Crippen LogP contribution >= 0.6 is 7.58 Å². The summed E-state index contributed by atoms with van der Waals surface area (Å²) in [6.07, 6.45) is 40.4. The molecule has 0 unspecified atom stereocenters. The Bertz CT molecular complexity index is 1010. The molecule has 0 spiro atoms. The maximum Gasteiger partial charge on any atom is 0.305 e. The minimum Gasteiger partial charge on any atom is -0.465 e. The van der Waals surface area contributed by atoms with E-state index in [1.807, 2.05) is 0 Å². The van der Waals surface area contributed by atoms with Crippen LogP contribution in [0.3, 0.4) is 0 Å². The number of ether oxygens (including phenoxy) is 2. The maximum atomic E-state index is 13.2. The van der Waals surface area contributed by atoms with E-state index in [-0.39, 0.29) is 25.2 Å². The van der Waals surface area contributed by atoms with Gasteiger partial charge in [-0.05, 0) is 42.3 Å². The van der Waals surface area contributed by atoms with E-state index in [1.165, 1.54) is 154 Å². The monoisotopic (exact) mass is 889 g/mol. The summed E-state index contributed by atoms with van der Waals surface area (Å²) in [5, 5.41) is 0. The molecule has 60 heavy (non-hydrogen) atoms. The molecule has 0 aromatic carbocycles. The molecule has 0 aliphatic rings. The highest BCUT2D eigenvalue weighted by molar-refractivity contribution is 8.45. The third kappa shape index (κ3) is 26.9. The van der Waals surface area contributed by atoms with Crippen LogP contribution in [0, 0.1) is 5.41 Å². The van der Waals surface area contributed by atoms with Gasteiger partial charge in [-0.2, -0.15) is 0 Å². The first-order valence-electron chi connectivity index (χ1n) is 26.2. The summed E-state index contributed by atoms with van der Waals surface area (Å²) in [4.78, 5) is 26.3. The molecule has 0 atom stereocenters. The van der Waals surface area contributed by atoms with Gasteiger partial charge in [-0.25, -0.2) is 8.34 Å². The number of hydrogen-bond acceptors (Lipinski definition) is 7. The molecule has 0 heterocycles. The predicted molar refractivity (Wildman–Crippen MR) is 267 cm³/mol. The maximum absolute atomic E-state index is 13.2. The van der Waals surface area contributed by atoms with Crippen molar-refractivity contribution in [1.29, 1.82) is 0 Å². The van der Waals surface area contributed by atoms with Gasteiger partial charge < -0.3 is 9.47 Å². The van der Waals surface area contributed by atoms with Crippen molar-refractivity contribution in [3.05, 3.63) is 0 Å². The topological polar surface area (TPSA) is 114 Å². The predicted octanol–water partition coefficient (Wildman–Crippen LogP) is 15.5. The molecular weight excluding hydrogens is 784 g/mol. The average Bonchev–Trinajstić information content (AvgIpc) is 3.25. The highest BCUT2D eigenvalue weighted by Crippen LogP contribution is 2.44. The normalized spacial score (nSPS) is 13.1. The molecule has 0 bridgehead atoms. The summed E-state index contributed by atoms with van der Waals surface area (Å²) in [5.74, 6) is 1.97. The van der Waals surface area contributed by atoms with E-state index in [2.05, 4.69) is 48.5 Å². The number of nitrogens with two attached hydrogens (primary N) is 2. The molecule has 0 aliphatic heterocycles. The number of unbranched alkanes of at least 4 members (excludes halogenated alkanes) is 28. The fraction of sp³-hybridized carbons (Fsp3) is 0.961. The number of rotatable bonds is 45. The second kappa shape index (κ2) is 37.8. The van der Waals surface area contributed by atoms with Gasteiger partial charge in [-0.15, -0.1) is 0 Å². The summed E-state index contributed by atoms with van der Waals surface area (Å²) < 4.78 is 18.6. The van der Waals surface area contributed by atoms with Crippen LogP contribution in [0.1, 0.15) is 267 Å². The average molecular weight is 889 g/mol. The zero-order valence-electron chi connectivity index (χ0n) is 41.3. The molecular formula is C51H105N2O5PS. The fourth-order valence-electron chi connectivity index (χ4n) is 8.65. The van der Waals surface area contributed by atoms with Crippen LogP contribution < -0.4 is 11.5 Å². The van der Waals surface area contributed by atoms with Gasteiger partial charge in [0.15, 0.2) is 5.85 Å². The van der Waals surface area contributed by atoms with Crippen LogP contribution in [0.5, 0.6) is 0 Å². The zero-order valence-corrected chi connectivity index (χ0v) is 43.0. The van der Waals surface area contributed by atoms with E-state index in [4.69, 9.17) is 25.5 Å². The van der Waals surface area contributed by atoms with Gasteiger partial charge in [0.25, 0.3) is 0 Å². The standard InChI is InChI=1S/C51H105N2O5PS/c1-8-15-17-19-21-23-25-27-29-31-33-35-37-39-41-43-48(54)56-46-50(45-10-3,51(52,53)58-59-60(11-4,12-5,13-6)14-7)47-57-49(55)44-42-40-38-36-34-32-30-28-26-24-22-20-18-16-9-2/h8-47,52-53H2,1-7H3. The van der Waals surface area contributed by atoms with Crippen molar-refractivity contribution in [1.82, 2.24) is 0 Å². The third-order valence-electron chi connectivity index (χ3n) is 13.9. The van der Waals surface area contributed by atoms with E-state index in [1.54, 1.807) is 0 Å². The Morgan fingerprint density at radius 1 is 0.417 bits per heavy atom. The summed E-state index contributed by atoms with van der Waals surface area (Å²) >= 11 is 0. The molecule has 0 aliphatic carbocycles. The Morgan fingerprint density at radius 2 is 0.683 bits per heavy atom. The number of esters is 2. The second-order valence-electron chi connectivity index (χ2n) is 18.6. The summed E-state index contributed by atoms with van der Waals surface area (Å²) in [7, 11) is -1.13. The first-order chi connectivity index (χ1) is 29.0. The molecule has 0 saturated carbocycles. The van der Waals surface area contributed by atoms with Crippen molar-refractivity contribution in [3.63, 3.8) is 0 Å². The SMILES string of the molecule is CCCCCCCCCCCCCCCCCC(=O)OCC(CCC)(COC(=O)CCCCCCCCCCCCCCCCC)C(N)(N)OP=S(CC)(CC)(CC)CC. The van der Waals surface area contributed by atoms with Gasteiger partial charge in [-0.1, -0.05) is 235 Å². The Hall–Kier alpha value is -0.530. The lowest BCUT2D eigenvalue weighted by molar-refractivity contribution is -0.171. The van der Waals surface area contributed by atoms with E-state index >= 15 is 0 Å². The highest BCUT2D eigenvalue weighted by Gasteiger charge is 2.50. The van der Waals surface area contributed by atoms with E-state index < -0.39 is 19.6 Å². The van der Waals surface area contributed by atoms with Gasteiger partial charge in [0.1, 0.15) is 13.2 Å². The summed E-state index contributed by atoms with van der Waals surface area (Å²) in [5.41, 5.74) is 12.9. The van der Waals surface area contributed by atoms with Gasteiger partial charge in [0.2, 0.25) is 0 Å². The van der Waals surface area contributed by atoms with Crippen molar-refractivity contribution >= 4 is 27.9 Å². The van der Waals surface area contributed by atoms with Crippen molar-refractivity contribution in [3.8, 4) is 0 Å². The molecule has 0 amide bonds. The van der Waals surface area contributed by atoms with Crippen LogP contribution in [0.4, 0.5) is 0 Å². The minimum atomic E-state index is -1.96. The van der Waals surface area contributed by atoms with Gasteiger partial charge in [0.05, 0.1) is 13.0 Å². The summed E-state index contributed by atoms with van der Waals surface area (Å²) in [6, 6.07) is 0. The van der Waals surface area contributed by atoms with Crippen LogP contribution in [0.15, 0.2) is 0 Å². The number of carbonyl (C=O) groups excluding carboxylic acids is 2. The Morgan fingerprint density at radius 3 is 0.933 bits per heavy atom. The molecule has 0 radical (unpaired) electrons. The van der Waals surface area contributed by atoms with Crippen molar-refractivity contribution in [2.24, 2.45) is 16.9 Å². The molecule has 0 aromatic rings. The number of hydrogen-bond donors (Lipinski definition) is 2. The Kier molecular flexibility index (Phi) is 37.5. The molecule has 4 N–H and O–H groups in total. The summed E-state index contributed by atoms with van der Waals surface area (Å²) in [6.45, 7) is 15.6. The smallest absolute Gasteiger partial charge is 0.305 e. The first-order valence-corrected chi connectivity index (χ1v) is 30.3. The van der Waals surface area contributed by atoms with E-state index in [9.17, 15) is 9.59 Å². The highest BCUT2D eigenvalue weighted by atomic mass is 32.6. The second-order valence-corrected chi connectivity index (χ2v) is 28.3. The van der Waals surface area contributed by atoms with Gasteiger partial charge in [-0.3, -0.25) is 25.6 Å². The lowest BCUT2D eigenvalue weighted by Crippen LogP contribution is -2.67. The van der Waals surface area contributed by atoms with E-state index in [0.717, 1.165) is 75.5 Å². The van der Waals surface area contributed by atoms with Crippen LogP contribution in [0.25, 0.3) is 0 Å². The van der Waals surface area contributed by atoms with Gasteiger partial charge in [0, 0.05) is 12.8 Å². The fourth-order valence-corrected chi connectivity index (χ4v) is 14.3. The van der Waals surface area contributed by atoms with Gasteiger partial charge >= 0.3 is 11.9 Å². The van der Waals surface area contributed by atoms with Crippen molar-refractivity contribution in [2.45, 2.75) is 273 Å². The van der Waals surface area contributed by atoms with Crippen molar-refractivity contribution < 1.29 is 23.6 Å². The molecule has 0 aromatic heterocycles. The quantitative estimate of drug-likeness (QED) is 0.0271. The lowest BCUT2D eigenvalue weighted by Gasteiger charge is -2.48. The van der Waals surface area contributed by atoms with E-state index in [0.29, 0.717) is 19.3 Å². The Labute approximate surface area is 375 Å². The molecule has 7 nitrogen and oxygen atoms in total. The molecule has 360 valence electrons. The zero-order chi connectivity index (χ0) is 44.7. The van der Waals surface area contributed by atoms with Crippen LogP contribution in [0.2, 0.25) is 0 Å². The lowest BCUT2D eigenvalue weighted by atomic mass is 9.79. The minimum absolute atomic E-state index is 0.0306. The molecule has 9 heteroatoms. The molecule has 0 rings (SSSR count). The third-order valence-corrected chi connectivity index (χ3v) is 25.2. The van der Waals surface area contributed by atoms with Crippen LogP contribution in [-0.4, -0.2) is 54.0 Å². The largest absolute Gasteiger partial charge is 0.465 e.